The molecule has 6 nitrogen and oxygen atoms in total. The molecule has 2 heterocycles. The number of carbonyl (C=O) groups is 2. The second-order valence-corrected chi connectivity index (χ2v) is 9.13. The monoisotopic (exact) mass is 460 g/mol. The number of carbonyl (C=O) groups excluding carboxylic acids is 2. The Labute approximate surface area is 200 Å². The number of nitrogens with one attached hydrogen (secondary N) is 1. The van der Waals surface area contributed by atoms with Crippen LogP contribution < -0.4 is 10.1 Å². The van der Waals surface area contributed by atoms with Crippen LogP contribution in [-0.4, -0.2) is 29.8 Å². The van der Waals surface area contributed by atoms with Gasteiger partial charge in [-0.05, 0) is 59.7 Å². The summed E-state index contributed by atoms with van der Waals surface area (Å²) in [6.45, 7) is 7.39. The first-order chi connectivity index (χ1) is 16.4. The lowest BCUT2D eigenvalue weighted by molar-refractivity contribution is -0.130. The van der Waals surface area contributed by atoms with Gasteiger partial charge in [-0.2, -0.15) is 0 Å². The first-order valence-electron chi connectivity index (χ1n) is 11.9. The topological polar surface area (TPSA) is 71.8 Å². The third kappa shape index (κ3) is 5.50. The largest absolute Gasteiger partial charge is 0.486 e. The molecule has 4 rings (SSSR count). The molecule has 3 aromatic rings. The number of hydrogen-bond donors (Lipinski definition) is 1. The lowest BCUT2D eigenvalue weighted by atomic mass is 9.88. The van der Waals surface area contributed by atoms with E-state index in [2.05, 4.69) is 37.4 Å². The van der Waals surface area contributed by atoms with Crippen molar-refractivity contribution in [2.45, 2.75) is 46.3 Å². The molecule has 0 saturated heterocycles. The highest BCUT2D eigenvalue weighted by Crippen LogP contribution is 2.37. The summed E-state index contributed by atoms with van der Waals surface area (Å²) in [5.74, 6) is 1.94. The summed E-state index contributed by atoms with van der Waals surface area (Å²) in [5.41, 5.74) is 3.38. The maximum Gasteiger partial charge on any atom is 0.286 e. The fourth-order valence-electron chi connectivity index (χ4n) is 4.31. The highest BCUT2D eigenvalue weighted by molar-refractivity contribution is 5.91. The van der Waals surface area contributed by atoms with Gasteiger partial charge in [-0.1, -0.05) is 50.2 Å². The van der Waals surface area contributed by atoms with E-state index in [1.807, 2.05) is 35.2 Å². The summed E-state index contributed by atoms with van der Waals surface area (Å²) < 4.78 is 11.7. The number of benzene rings is 2. The Morgan fingerprint density at radius 2 is 1.91 bits per heavy atom. The van der Waals surface area contributed by atoms with Crippen LogP contribution in [0.3, 0.4) is 0 Å². The molecule has 178 valence electrons. The molecule has 1 atom stereocenters. The second-order valence-electron chi connectivity index (χ2n) is 9.13. The summed E-state index contributed by atoms with van der Waals surface area (Å²) in [4.78, 5) is 26.6. The number of ether oxygens (including phenoxy) is 1. The van der Waals surface area contributed by atoms with Gasteiger partial charge in [0, 0.05) is 20.0 Å². The zero-order valence-electron chi connectivity index (χ0n) is 20.0. The molecule has 6 heteroatoms. The number of amides is 2. The quantitative estimate of drug-likeness (QED) is 0.506. The lowest BCUT2D eigenvalue weighted by Crippen LogP contribution is -2.39. The van der Waals surface area contributed by atoms with Gasteiger partial charge in [0.1, 0.15) is 18.1 Å². The molecule has 0 fully saturated rings. The summed E-state index contributed by atoms with van der Waals surface area (Å²) in [7, 11) is 0. The van der Waals surface area contributed by atoms with Crippen molar-refractivity contribution in [1.29, 1.82) is 0 Å². The highest BCUT2D eigenvalue weighted by Gasteiger charge is 2.30. The Hall–Kier alpha value is -3.54. The van der Waals surface area contributed by atoms with Gasteiger partial charge in [-0.25, -0.2) is 0 Å². The summed E-state index contributed by atoms with van der Waals surface area (Å²) in [5, 5.41) is 2.88. The molecule has 1 aliphatic rings. The highest BCUT2D eigenvalue weighted by atomic mass is 16.5. The van der Waals surface area contributed by atoms with E-state index < -0.39 is 0 Å². The Kier molecular flexibility index (Phi) is 7.36. The minimum atomic E-state index is -0.212. The van der Waals surface area contributed by atoms with Crippen LogP contribution in [0.25, 0.3) is 0 Å². The van der Waals surface area contributed by atoms with Crippen LogP contribution in [0.15, 0.2) is 65.1 Å². The Morgan fingerprint density at radius 3 is 2.65 bits per heavy atom. The van der Waals surface area contributed by atoms with E-state index in [0.717, 1.165) is 24.0 Å². The average molecular weight is 461 g/mol. The average Bonchev–Trinajstić information content (AvgIpc) is 3.31. The SMILES string of the molecule is CC(=O)N1CCc2ccc(OCc3ccc(C(=O)NCCC(C)C)o3)cc2C1c1ccccc1. The van der Waals surface area contributed by atoms with Crippen LogP contribution in [0.4, 0.5) is 0 Å². The Balaban J connectivity index is 1.47. The minimum absolute atomic E-state index is 0.0561. The van der Waals surface area contributed by atoms with Gasteiger partial charge in [-0.3, -0.25) is 9.59 Å². The molecule has 1 unspecified atom stereocenters. The molecule has 2 amide bonds. The molecule has 0 saturated carbocycles. The van der Waals surface area contributed by atoms with Gasteiger partial charge in [-0.15, -0.1) is 0 Å². The van der Waals surface area contributed by atoms with E-state index in [9.17, 15) is 9.59 Å². The third-order valence-electron chi connectivity index (χ3n) is 6.14. The van der Waals surface area contributed by atoms with Crippen molar-refractivity contribution in [1.82, 2.24) is 10.2 Å². The number of rotatable bonds is 8. The normalized spacial score (nSPS) is 15.2. The fraction of sp³-hybridized carbons (Fsp3) is 0.357. The van der Waals surface area contributed by atoms with E-state index in [1.54, 1.807) is 19.1 Å². The van der Waals surface area contributed by atoms with Crippen molar-refractivity contribution >= 4 is 11.8 Å². The van der Waals surface area contributed by atoms with Crippen LogP contribution in [0.5, 0.6) is 5.75 Å². The standard InChI is InChI=1S/C28H32N2O4/c1-19(2)13-15-29-28(32)26-12-11-24(34-26)18-33-23-10-9-21-14-16-30(20(3)31)27(25(21)17-23)22-7-5-4-6-8-22/h4-12,17,19,27H,13-16,18H2,1-3H3,(H,29,32). The maximum absolute atomic E-state index is 12.4. The zero-order chi connectivity index (χ0) is 24.1. The van der Waals surface area contributed by atoms with Crippen molar-refractivity contribution in [3.8, 4) is 5.75 Å². The van der Waals surface area contributed by atoms with Crippen molar-refractivity contribution in [2.24, 2.45) is 5.92 Å². The van der Waals surface area contributed by atoms with Gasteiger partial charge in [0.2, 0.25) is 5.91 Å². The Bertz CT molecular complexity index is 1140. The zero-order valence-corrected chi connectivity index (χ0v) is 20.0. The number of hydrogen-bond acceptors (Lipinski definition) is 4. The van der Waals surface area contributed by atoms with E-state index in [1.165, 1.54) is 5.56 Å². The second kappa shape index (κ2) is 10.6. The molecule has 2 aromatic carbocycles. The first-order valence-corrected chi connectivity index (χ1v) is 11.9. The van der Waals surface area contributed by atoms with Crippen molar-refractivity contribution in [3.63, 3.8) is 0 Å². The maximum atomic E-state index is 12.4. The van der Waals surface area contributed by atoms with Crippen LogP contribution in [0.1, 0.15) is 66.2 Å². The lowest BCUT2D eigenvalue weighted by Gasteiger charge is -2.37. The molecule has 1 N–H and O–H groups in total. The number of fused-ring (bicyclic) bond motifs is 1. The predicted octanol–water partition coefficient (Wildman–Crippen LogP) is 5.13. The molecular formula is C28H32N2O4. The molecular weight excluding hydrogens is 428 g/mol. The molecule has 0 bridgehead atoms. The van der Waals surface area contributed by atoms with Crippen molar-refractivity contribution in [3.05, 3.63) is 88.9 Å². The van der Waals surface area contributed by atoms with Gasteiger partial charge < -0.3 is 19.4 Å². The molecule has 0 aliphatic carbocycles. The first kappa shape index (κ1) is 23.6. The molecule has 34 heavy (non-hydrogen) atoms. The molecule has 1 aliphatic heterocycles. The van der Waals surface area contributed by atoms with Crippen molar-refractivity contribution in [2.75, 3.05) is 13.1 Å². The van der Waals surface area contributed by atoms with Crippen LogP contribution in [0.2, 0.25) is 0 Å². The smallest absolute Gasteiger partial charge is 0.286 e. The summed E-state index contributed by atoms with van der Waals surface area (Å²) in [6, 6.07) is 19.4. The van der Waals surface area contributed by atoms with Crippen molar-refractivity contribution < 1.29 is 18.7 Å². The summed E-state index contributed by atoms with van der Waals surface area (Å²) in [6.07, 6.45) is 1.73. The predicted molar refractivity (Wildman–Crippen MR) is 131 cm³/mol. The fourth-order valence-corrected chi connectivity index (χ4v) is 4.31. The minimum Gasteiger partial charge on any atom is -0.486 e. The number of nitrogens with zero attached hydrogens (tertiary/aromatic N) is 1. The van der Waals surface area contributed by atoms with Crippen LogP contribution in [0, 0.1) is 5.92 Å². The summed E-state index contributed by atoms with van der Waals surface area (Å²) >= 11 is 0. The molecule has 0 spiro atoms. The molecule has 0 radical (unpaired) electrons. The number of furan rings is 1. The van der Waals surface area contributed by atoms with Crippen LogP contribution >= 0.6 is 0 Å². The van der Waals surface area contributed by atoms with Gasteiger partial charge >= 0.3 is 0 Å². The van der Waals surface area contributed by atoms with Gasteiger partial charge in [0.15, 0.2) is 5.76 Å². The van der Waals surface area contributed by atoms with E-state index >= 15 is 0 Å². The van der Waals surface area contributed by atoms with E-state index in [4.69, 9.17) is 9.15 Å². The third-order valence-corrected chi connectivity index (χ3v) is 6.14. The van der Waals surface area contributed by atoms with Gasteiger partial charge in [0.25, 0.3) is 5.91 Å². The van der Waals surface area contributed by atoms with E-state index in [-0.39, 0.29) is 30.2 Å². The van der Waals surface area contributed by atoms with Gasteiger partial charge in [0.05, 0.1) is 6.04 Å². The van der Waals surface area contributed by atoms with E-state index in [0.29, 0.717) is 30.5 Å². The molecule has 1 aromatic heterocycles. The van der Waals surface area contributed by atoms with Crippen LogP contribution in [-0.2, 0) is 17.8 Å². The Morgan fingerprint density at radius 1 is 1.12 bits per heavy atom.